The summed E-state index contributed by atoms with van der Waals surface area (Å²) < 4.78 is 22.1. The van der Waals surface area contributed by atoms with E-state index in [4.69, 9.17) is 24.1 Å². The van der Waals surface area contributed by atoms with Gasteiger partial charge < -0.3 is 24.1 Å². The van der Waals surface area contributed by atoms with Gasteiger partial charge in [-0.25, -0.2) is 0 Å². The third kappa shape index (κ3) is 6.11. The fourth-order valence-electron chi connectivity index (χ4n) is 1.72. The van der Waals surface area contributed by atoms with E-state index < -0.39 is 0 Å². The minimum Gasteiger partial charge on any atom is -0.394 e. The first-order chi connectivity index (χ1) is 8.57. The van der Waals surface area contributed by atoms with Crippen LogP contribution in [0.4, 0.5) is 0 Å². The molecule has 1 aliphatic heterocycles. The van der Waals surface area contributed by atoms with Gasteiger partial charge in [-0.15, -0.1) is 0 Å². The van der Waals surface area contributed by atoms with Gasteiger partial charge >= 0.3 is 0 Å². The molecule has 0 bridgehead atoms. The van der Waals surface area contributed by atoms with Crippen LogP contribution in [0.3, 0.4) is 0 Å². The van der Waals surface area contributed by atoms with Gasteiger partial charge in [0.1, 0.15) is 12.2 Å². The summed E-state index contributed by atoms with van der Waals surface area (Å²) in [4.78, 5) is 0. The summed E-state index contributed by atoms with van der Waals surface area (Å²) in [7, 11) is 0. The number of aliphatic hydroxyl groups is 1. The van der Waals surface area contributed by atoms with Crippen molar-refractivity contribution in [2.75, 3.05) is 46.2 Å². The van der Waals surface area contributed by atoms with Gasteiger partial charge in [0, 0.05) is 12.0 Å². The summed E-state index contributed by atoms with van der Waals surface area (Å²) in [5.41, 5.74) is 0.0632. The largest absolute Gasteiger partial charge is 0.394 e. The highest BCUT2D eigenvalue weighted by atomic mass is 16.6. The van der Waals surface area contributed by atoms with E-state index in [1.165, 1.54) is 0 Å². The van der Waals surface area contributed by atoms with Crippen molar-refractivity contribution in [2.24, 2.45) is 5.41 Å². The maximum atomic E-state index is 9.05. The lowest BCUT2D eigenvalue weighted by atomic mass is 9.97. The van der Waals surface area contributed by atoms with Crippen molar-refractivity contribution in [3.05, 3.63) is 0 Å². The molecule has 0 aliphatic carbocycles. The Labute approximate surface area is 109 Å². The summed E-state index contributed by atoms with van der Waals surface area (Å²) in [6.45, 7) is 9.48. The van der Waals surface area contributed by atoms with Crippen LogP contribution < -0.4 is 0 Å². The molecule has 5 nitrogen and oxygen atoms in total. The van der Waals surface area contributed by atoms with Crippen molar-refractivity contribution >= 4 is 0 Å². The zero-order valence-electron chi connectivity index (χ0n) is 11.7. The molecule has 0 aromatic heterocycles. The molecule has 0 aromatic carbocycles. The molecule has 2 unspecified atom stereocenters. The van der Waals surface area contributed by atoms with E-state index in [2.05, 4.69) is 13.8 Å². The van der Waals surface area contributed by atoms with Gasteiger partial charge in [0.15, 0.2) is 0 Å². The van der Waals surface area contributed by atoms with Crippen molar-refractivity contribution in [3.8, 4) is 0 Å². The maximum absolute atomic E-state index is 9.05. The van der Waals surface area contributed by atoms with Gasteiger partial charge in [-0.2, -0.15) is 0 Å². The summed E-state index contributed by atoms with van der Waals surface area (Å²) in [5.74, 6) is 0. The Balaban J connectivity index is 2.19. The molecule has 1 N–H and O–H groups in total. The van der Waals surface area contributed by atoms with Gasteiger partial charge in [0.05, 0.1) is 39.6 Å². The standard InChI is InChI=1S/C13H26O5/c1-4-17-11(5-14)6-15-7-12-8-16-9-13(2,3)10-18-12/h11-12,14H,4-10H2,1-3H3. The molecule has 0 aromatic rings. The Kier molecular flexibility index (Phi) is 7.11. The summed E-state index contributed by atoms with van der Waals surface area (Å²) in [6.07, 6.45) is -0.286. The number of ether oxygens (including phenoxy) is 4. The smallest absolute Gasteiger partial charge is 0.104 e. The fourth-order valence-corrected chi connectivity index (χ4v) is 1.72. The topological polar surface area (TPSA) is 57.2 Å². The normalized spacial score (nSPS) is 25.7. The minimum atomic E-state index is -0.252. The highest BCUT2D eigenvalue weighted by Crippen LogP contribution is 2.20. The third-order valence-corrected chi connectivity index (χ3v) is 2.72. The van der Waals surface area contributed by atoms with Gasteiger partial charge in [0.2, 0.25) is 0 Å². The Bertz CT molecular complexity index is 219. The van der Waals surface area contributed by atoms with Gasteiger partial charge in [0.25, 0.3) is 0 Å². The lowest BCUT2D eigenvalue weighted by molar-refractivity contribution is -0.0767. The van der Waals surface area contributed by atoms with E-state index in [1.807, 2.05) is 6.92 Å². The van der Waals surface area contributed by atoms with Gasteiger partial charge in [-0.3, -0.25) is 0 Å². The number of hydrogen-bond donors (Lipinski definition) is 1. The first-order valence-corrected chi connectivity index (χ1v) is 6.57. The van der Waals surface area contributed by atoms with Crippen LogP contribution in [0, 0.1) is 5.41 Å². The molecule has 108 valence electrons. The second-order valence-corrected chi connectivity index (χ2v) is 5.41. The molecular formula is C13H26O5. The Hall–Kier alpha value is -0.200. The lowest BCUT2D eigenvalue weighted by Gasteiger charge is -2.21. The molecule has 0 spiro atoms. The van der Waals surface area contributed by atoms with Crippen molar-refractivity contribution in [1.82, 2.24) is 0 Å². The predicted octanol–water partition coefficient (Wildman–Crippen LogP) is 0.842. The number of hydrogen-bond acceptors (Lipinski definition) is 5. The van der Waals surface area contributed by atoms with Crippen molar-refractivity contribution in [1.29, 1.82) is 0 Å². The Morgan fingerprint density at radius 1 is 1.39 bits per heavy atom. The summed E-state index contributed by atoms with van der Waals surface area (Å²) in [5, 5.41) is 9.05. The molecule has 1 aliphatic rings. The molecule has 0 saturated carbocycles. The van der Waals surface area contributed by atoms with E-state index >= 15 is 0 Å². The molecule has 0 radical (unpaired) electrons. The van der Waals surface area contributed by atoms with E-state index in [-0.39, 0.29) is 24.2 Å². The Morgan fingerprint density at radius 2 is 2.17 bits per heavy atom. The lowest BCUT2D eigenvalue weighted by Crippen LogP contribution is -2.30. The van der Waals surface area contributed by atoms with Gasteiger partial charge in [-0.05, 0) is 6.92 Å². The highest BCUT2D eigenvalue weighted by Gasteiger charge is 2.25. The molecule has 1 fully saturated rings. The second-order valence-electron chi connectivity index (χ2n) is 5.41. The zero-order valence-corrected chi connectivity index (χ0v) is 11.7. The van der Waals surface area contributed by atoms with Crippen LogP contribution in [-0.2, 0) is 18.9 Å². The second kappa shape index (κ2) is 8.07. The molecule has 1 heterocycles. The van der Waals surface area contributed by atoms with Crippen LogP contribution in [-0.4, -0.2) is 63.6 Å². The number of aliphatic hydroxyl groups excluding tert-OH is 1. The average Bonchev–Trinajstić information content (AvgIpc) is 2.50. The first-order valence-electron chi connectivity index (χ1n) is 6.57. The van der Waals surface area contributed by atoms with E-state index in [1.54, 1.807) is 0 Å². The van der Waals surface area contributed by atoms with Crippen molar-refractivity contribution in [3.63, 3.8) is 0 Å². The van der Waals surface area contributed by atoms with Crippen LogP contribution in [0.15, 0.2) is 0 Å². The van der Waals surface area contributed by atoms with Crippen molar-refractivity contribution in [2.45, 2.75) is 33.0 Å². The minimum absolute atomic E-state index is 0.0249. The van der Waals surface area contributed by atoms with E-state index in [9.17, 15) is 0 Å². The monoisotopic (exact) mass is 262 g/mol. The quantitative estimate of drug-likeness (QED) is 0.737. The van der Waals surface area contributed by atoms with Gasteiger partial charge in [-0.1, -0.05) is 13.8 Å². The van der Waals surface area contributed by atoms with Crippen LogP contribution in [0.25, 0.3) is 0 Å². The van der Waals surface area contributed by atoms with Crippen LogP contribution >= 0.6 is 0 Å². The van der Waals surface area contributed by atoms with Crippen molar-refractivity contribution < 1.29 is 24.1 Å². The SMILES string of the molecule is CCOC(CO)COCC1COCC(C)(C)CO1. The average molecular weight is 262 g/mol. The molecule has 1 rings (SSSR count). The highest BCUT2D eigenvalue weighted by molar-refractivity contribution is 4.72. The summed E-state index contributed by atoms with van der Waals surface area (Å²) in [6, 6.07) is 0. The summed E-state index contributed by atoms with van der Waals surface area (Å²) >= 11 is 0. The molecule has 0 amide bonds. The molecular weight excluding hydrogens is 236 g/mol. The van der Waals surface area contributed by atoms with Crippen LogP contribution in [0.2, 0.25) is 0 Å². The zero-order chi connectivity index (χ0) is 13.4. The predicted molar refractivity (Wildman–Crippen MR) is 67.7 cm³/mol. The van der Waals surface area contributed by atoms with E-state index in [0.717, 1.165) is 0 Å². The maximum Gasteiger partial charge on any atom is 0.104 e. The molecule has 5 heteroatoms. The third-order valence-electron chi connectivity index (χ3n) is 2.72. The van der Waals surface area contributed by atoms with E-state index in [0.29, 0.717) is 39.6 Å². The molecule has 18 heavy (non-hydrogen) atoms. The molecule has 2 atom stereocenters. The van der Waals surface area contributed by atoms with Crippen LogP contribution in [0.5, 0.6) is 0 Å². The van der Waals surface area contributed by atoms with Crippen LogP contribution in [0.1, 0.15) is 20.8 Å². The number of rotatable bonds is 7. The first kappa shape index (κ1) is 15.9. The fraction of sp³-hybridized carbons (Fsp3) is 1.00. The Morgan fingerprint density at radius 3 is 2.83 bits per heavy atom. The molecule has 1 saturated heterocycles.